The second-order valence-corrected chi connectivity index (χ2v) is 6.36. The number of hydrogen-bond donors (Lipinski definition) is 2. The molecule has 6 nitrogen and oxygen atoms in total. The summed E-state index contributed by atoms with van der Waals surface area (Å²) in [6, 6.07) is 5.54. The summed E-state index contributed by atoms with van der Waals surface area (Å²) in [5, 5.41) is 5.50. The van der Waals surface area contributed by atoms with E-state index in [1.165, 1.54) is 19.1 Å². The quantitative estimate of drug-likeness (QED) is 0.851. The molecule has 0 aromatic heterocycles. The summed E-state index contributed by atoms with van der Waals surface area (Å²) < 4.78 is 24.5. The molecule has 0 spiro atoms. The highest BCUT2D eigenvalue weighted by Crippen LogP contribution is 2.19. The molecular weight excluding hydrogens is 315 g/mol. The Bertz CT molecular complexity index is 606. The fourth-order valence-corrected chi connectivity index (χ4v) is 2.55. The van der Waals surface area contributed by atoms with Crippen molar-refractivity contribution in [3.8, 4) is 5.75 Å². The molecule has 2 amide bonds. The van der Waals surface area contributed by atoms with Gasteiger partial charge in [-0.1, -0.05) is 6.07 Å². The second kappa shape index (κ2) is 7.61. The molecule has 1 aromatic rings. The van der Waals surface area contributed by atoms with E-state index in [4.69, 9.17) is 9.47 Å². The molecule has 1 aliphatic heterocycles. The van der Waals surface area contributed by atoms with E-state index in [1.54, 1.807) is 26.0 Å². The Balaban J connectivity index is 2.03. The SMILES string of the molecule is CC(=O)NC(C)(C)C(=O)N[C@@H]1CCOC[C@H]1Oc1cccc(F)c1. The van der Waals surface area contributed by atoms with Crippen LogP contribution in [0, 0.1) is 5.82 Å². The molecule has 1 saturated heterocycles. The fourth-order valence-electron chi connectivity index (χ4n) is 2.55. The first-order valence-corrected chi connectivity index (χ1v) is 7.87. The van der Waals surface area contributed by atoms with Crippen molar-refractivity contribution in [2.45, 2.75) is 44.9 Å². The minimum Gasteiger partial charge on any atom is -0.486 e. The van der Waals surface area contributed by atoms with Gasteiger partial charge in [0, 0.05) is 19.6 Å². The standard InChI is InChI=1S/C17H23FN2O4/c1-11(21)20-17(2,3)16(22)19-14-7-8-23-10-15(14)24-13-6-4-5-12(18)9-13/h4-6,9,14-15H,7-8,10H2,1-3H3,(H,19,22)(H,20,21)/t14-,15-/m1/s1. The lowest BCUT2D eigenvalue weighted by atomic mass is 10.0. The number of benzene rings is 1. The molecule has 2 rings (SSSR count). The largest absolute Gasteiger partial charge is 0.486 e. The fraction of sp³-hybridized carbons (Fsp3) is 0.529. The number of carbonyl (C=O) groups is 2. The Hall–Kier alpha value is -2.15. The maximum Gasteiger partial charge on any atom is 0.245 e. The Labute approximate surface area is 140 Å². The number of amides is 2. The molecule has 0 bridgehead atoms. The third kappa shape index (κ3) is 4.92. The lowest BCUT2D eigenvalue weighted by molar-refractivity contribution is -0.133. The number of halogens is 1. The van der Waals surface area contributed by atoms with Gasteiger partial charge in [-0.3, -0.25) is 9.59 Å². The summed E-state index contributed by atoms with van der Waals surface area (Å²) >= 11 is 0. The highest BCUT2D eigenvalue weighted by molar-refractivity contribution is 5.90. The van der Waals surface area contributed by atoms with Crippen molar-refractivity contribution >= 4 is 11.8 Å². The van der Waals surface area contributed by atoms with Gasteiger partial charge in [-0.25, -0.2) is 4.39 Å². The van der Waals surface area contributed by atoms with Gasteiger partial charge < -0.3 is 20.1 Å². The zero-order chi connectivity index (χ0) is 17.7. The van der Waals surface area contributed by atoms with Crippen LogP contribution in [0.4, 0.5) is 4.39 Å². The lowest BCUT2D eigenvalue weighted by Crippen LogP contribution is -2.60. The van der Waals surface area contributed by atoms with Crippen LogP contribution in [0.25, 0.3) is 0 Å². The molecule has 0 unspecified atom stereocenters. The maximum absolute atomic E-state index is 13.3. The Morgan fingerprint density at radius 1 is 1.38 bits per heavy atom. The van der Waals surface area contributed by atoms with Gasteiger partial charge in [0.15, 0.2) is 0 Å². The molecule has 1 aromatic carbocycles. The summed E-state index contributed by atoms with van der Waals surface area (Å²) in [6.07, 6.45) is 0.139. The first-order chi connectivity index (χ1) is 11.3. The third-order valence-electron chi connectivity index (χ3n) is 3.76. The zero-order valence-corrected chi connectivity index (χ0v) is 14.1. The zero-order valence-electron chi connectivity index (χ0n) is 14.1. The Morgan fingerprint density at radius 3 is 2.79 bits per heavy atom. The van der Waals surface area contributed by atoms with Crippen LogP contribution in [-0.2, 0) is 14.3 Å². The van der Waals surface area contributed by atoms with Crippen molar-refractivity contribution in [2.24, 2.45) is 0 Å². The van der Waals surface area contributed by atoms with Crippen molar-refractivity contribution in [1.82, 2.24) is 10.6 Å². The molecule has 2 atom stereocenters. The highest BCUT2D eigenvalue weighted by atomic mass is 19.1. The van der Waals surface area contributed by atoms with Crippen molar-refractivity contribution in [3.63, 3.8) is 0 Å². The van der Waals surface area contributed by atoms with Crippen LogP contribution >= 0.6 is 0 Å². The van der Waals surface area contributed by atoms with Crippen LogP contribution in [0.1, 0.15) is 27.2 Å². The van der Waals surface area contributed by atoms with Gasteiger partial charge in [0.2, 0.25) is 11.8 Å². The minimum absolute atomic E-state index is 0.283. The average molecular weight is 338 g/mol. The molecule has 24 heavy (non-hydrogen) atoms. The van der Waals surface area contributed by atoms with Crippen LogP contribution in [0.15, 0.2) is 24.3 Å². The molecule has 132 valence electrons. The summed E-state index contributed by atoms with van der Waals surface area (Å²) in [6.45, 7) is 5.41. The summed E-state index contributed by atoms with van der Waals surface area (Å²) in [5.41, 5.74) is -1.03. The van der Waals surface area contributed by atoms with Crippen LogP contribution in [0.5, 0.6) is 5.75 Å². The van der Waals surface area contributed by atoms with E-state index >= 15 is 0 Å². The number of carbonyl (C=O) groups excluding carboxylic acids is 2. The minimum atomic E-state index is -1.03. The van der Waals surface area contributed by atoms with Gasteiger partial charge in [-0.05, 0) is 32.4 Å². The van der Waals surface area contributed by atoms with Crippen molar-refractivity contribution in [3.05, 3.63) is 30.1 Å². The molecule has 0 saturated carbocycles. The monoisotopic (exact) mass is 338 g/mol. The number of hydrogen-bond acceptors (Lipinski definition) is 4. The maximum atomic E-state index is 13.3. The molecule has 7 heteroatoms. The predicted octanol–water partition coefficient (Wildman–Crippen LogP) is 1.39. The third-order valence-corrected chi connectivity index (χ3v) is 3.76. The van der Waals surface area contributed by atoms with Crippen molar-refractivity contribution in [2.75, 3.05) is 13.2 Å². The van der Waals surface area contributed by atoms with Gasteiger partial charge in [-0.2, -0.15) is 0 Å². The highest BCUT2D eigenvalue weighted by Gasteiger charge is 2.34. The lowest BCUT2D eigenvalue weighted by Gasteiger charge is -2.35. The van der Waals surface area contributed by atoms with E-state index in [1.807, 2.05) is 0 Å². The number of nitrogens with one attached hydrogen (secondary N) is 2. The van der Waals surface area contributed by atoms with E-state index in [0.717, 1.165) is 0 Å². The van der Waals surface area contributed by atoms with E-state index in [9.17, 15) is 14.0 Å². The van der Waals surface area contributed by atoms with E-state index in [-0.39, 0.29) is 17.9 Å². The molecule has 1 heterocycles. The van der Waals surface area contributed by atoms with Gasteiger partial charge >= 0.3 is 0 Å². The first kappa shape index (κ1) is 18.2. The van der Waals surface area contributed by atoms with Gasteiger partial charge in [0.25, 0.3) is 0 Å². The molecule has 0 radical (unpaired) electrons. The number of rotatable bonds is 5. The van der Waals surface area contributed by atoms with Gasteiger partial charge in [0.05, 0.1) is 12.6 Å². The van der Waals surface area contributed by atoms with Crippen LogP contribution < -0.4 is 15.4 Å². The number of ether oxygens (including phenoxy) is 2. The molecular formula is C17H23FN2O4. The van der Waals surface area contributed by atoms with Crippen molar-refractivity contribution in [1.29, 1.82) is 0 Å². The molecule has 1 fully saturated rings. The molecule has 1 aliphatic rings. The van der Waals surface area contributed by atoms with Crippen LogP contribution in [0.3, 0.4) is 0 Å². The van der Waals surface area contributed by atoms with E-state index < -0.39 is 17.5 Å². The summed E-state index contributed by atoms with van der Waals surface area (Å²) in [5.74, 6) is -0.602. The van der Waals surface area contributed by atoms with Gasteiger partial charge in [-0.15, -0.1) is 0 Å². The van der Waals surface area contributed by atoms with E-state index in [0.29, 0.717) is 25.4 Å². The molecule has 0 aliphatic carbocycles. The Morgan fingerprint density at radius 2 is 2.12 bits per heavy atom. The average Bonchev–Trinajstić information content (AvgIpc) is 2.48. The smallest absolute Gasteiger partial charge is 0.245 e. The Kier molecular flexibility index (Phi) is 5.77. The predicted molar refractivity (Wildman–Crippen MR) is 86.1 cm³/mol. The normalized spacial score (nSPS) is 21.0. The first-order valence-electron chi connectivity index (χ1n) is 7.87. The summed E-state index contributed by atoms with van der Waals surface area (Å²) in [4.78, 5) is 23.7. The van der Waals surface area contributed by atoms with Crippen molar-refractivity contribution < 1.29 is 23.5 Å². The van der Waals surface area contributed by atoms with Crippen LogP contribution in [0.2, 0.25) is 0 Å². The summed E-state index contributed by atoms with van der Waals surface area (Å²) in [7, 11) is 0. The molecule has 2 N–H and O–H groups in total. The second-order valence-electron chi connectivity index (χ2n) is 6.36. The van der Waals surface area contributed by atoms with Crippen LogP contribution in [-0.4, -0.2) is 42.7 Å². The topological polar surface area (TPSA) is 76.7 Å². The van der Waals surface area contributed by atoms with Gasteiger partial charge in [0.1, 0.15) is 23.2 Å². The van der Waals surface area contributed by atoms with E-state index in [2.05, 4.69) is 10.6 Å².